The van der Waals surface area contributed by atoms with Crippen molar-refractivity contribution >= 4 is 62.0 Å². The van der Waals surface area contributed by atoms with Crippen LogP contribution in [0.1, 0.15) is 50.2 Å². The molecule has 3 heterocycles. The number of nitrogens with zero attached hydrogens (tertiary/aromatic N) is 3. The van der Waals surface area contributed by atoms with Gasteiger partial charge in [-0.25, -0.2) is 14.6 Å². The quantitative estimate of drug-likeness (QED) is 0.187. The molecule has 2 aromatic heterocycles. The van der Waals surface area contributed by atoms with Crippen molar-refractivity contribution in [3.8, 4) is 0 Å². The highest BCUT2D eigenvalue weighted by Crippen LogP contribution is 2.31. The smallest absolute Gasteiger partial charge is 0.412 e. The van der Waals surface area contributed by atoms with E-state index in [0.29, 0.717) is 24.3 Å². The first-order valence-corrected chi connectivity index (χ1v) is 15.8. The SMILES string of the molecule is C[C@@H]1C[C@H](NC(=O)OC(C)(C)C)CN(c2ccncc2NC(=O)c2nc3cc(Br)ccc3cc2NC(=O)OCc2ccccc2)C1. The van der Waals surface area contributed by atoms with Crippen molar-refractivity contribution in [2.24, 2.45) is 5.92 Å². The lowest BCUT2D eigenvalue weighted by Gasteiger charge is -2.39. The highest BCUT2D eigenvalue weighted by Gasteiger charge is 2.29. The van der Waals surface area contributed by atoms with Gasteiger partial charge in [0, 0.05) is 35.2 Å². The van der Waals surface area contributed by atoms with Gasteiger partial charge in [0.2, 0.25) is 0 Å². The van der Waals surface area contributed by atoms with E-state index in [-0.39, 0.29) is 29.9 Å². The number of pyridine rings is 2. The zero-order chi connectivity index (χ0) is 32.8. The number of carbonyl (C=O) groups excluding carboxylic acids is 3. The van der Waals surface area contributed by atoms with Crippen LogP contribution in [-0.4, -0.2) is 52.8 Å². The second kappa shape index (κ2) is 14.2. The van der Waals surface area contributed by atoms with E-state index in [1.54, 1.807) is 24.5 Å². The number of amides is 3. The average molecular weight is 690 g/mol. The van der Waals surface area contributed by atoms with Gasteiger partial charge in [0.05, 0.1) is 28.8 Å². The molecule has 0 radical (unpaired) electrons. The second-order valence-electron chi connectivity index (χ2n) is 12.3. The predicted octanol–water partition coefficient (Wildman–Crippen LogP) is 7.13. The normalized spacial score (nSPS) is 16.4. The Morgan fingerprint density at radius 3 is 2.52 bits per heavy atom. The predicted molar refractivity (Wildman–Crippen MR) is 181 cm³/mol. The van der Waals surface area contributed by atoms with Gasteiger partial charge in [-0.05, 0) is 62.9 Å². The molecular weight excluding hydrogens is 652 g/mol. The van der Waals surface area contributed by atoms with Gasteiger partial charge in [0.25, 0.3) is 5.91 Å². The number of aromatic nitrogens is 2. The molecule has 3 N–H and O–H groups in total. The molecule has 11 nitrogen and oxygen atoms in total. The van der Waals surface area contributed by atoms with E-state index in [1.165, 1.54) is 0 Å². The van der Waals surface area contributed by atoms with Crippen molar-refractivity contribution < 1.29 is 23.9 Å². The molecule has 0 bridgehead atoms. The number of hydrogen-bond acceptors (Lipinski definition) is 8. The van der Waals surface area contributed by atoms with Crippen molar-refractivity contribution in [2.45, 2.75) is 52.4 Å². The molecule has 0 saturated carbocycles. The van der Waals surface area contributed by atoms with Crippen LogP contribution in [-0.2, 0) is 16.1 Å². The molecule has 0 spiro atoms. The van der Waals surface area contributed by atoms with E-state index in [9.17, 15) is 14.4 Å². The van der Waals surface area contributed by atoms with Gasteiger partial charge in [-0.2, -0.15) is 0 Å². The third-order valence-electron chi connectivity index (χ3n) is 7.21. The first-order chi connectivity index (χ1) is 21.9. The summed E-state index contributed by atoms with van der Waals surface area (Å²) in [5.41, 5.74) is 2.20. The van der Waals surface area contributed by atoms with Gasteiger partial charge < -0.3 is 25.0 Å². The number of halogens is 1. The van der Waals surface area contributed by atoms with Gasteiger partial charge in [-0.3, -0.25) is 15.1 Å². The first-order valence-electron chi connectivity index (χ1n) is 15.0. The highest BCUT2D eigenvalue weighted by molar-refractivity contribution is 9.10. The summed E-state index contributed by atoms with van der Waals surface area (Å²) in [6.07, 6.45) is 2.83. The Morgan fingerprint density at radius 1 is 0.978 bits per heavy atom. The maximum atomic E-state index is 13.9. The Kier molecular flexibility index (Phi) is 10.1. The number of rotatable bonds is 7. The van der Waals surface area contributed by atoms with Crippen molar-refractivity contribution in [1.82, 2.24) is 15.3 Å². The molecule has 1 saturated heterocycles. The van der Waals surface area contributed by atoms with Crippen LogP contribution in [0.4, 0.5) is 26.7 Å². The Hall–Kier alpha value is -4.71. The number of alkyl carbamates (subject to hydrolysis) is 1. The van der Waals surface area contributed by atoms with E-state index in [4.69, 9.17) is 9.47 Å². The molecule has 240 valence electrons. The topological polar surface area (TPSA) is 135 Å². The van der Waals surface area contributed by atoms with Crippen LogP contribution < -0.4 is 20.9 Å². The molecular formula is C34H37BrN6O5. The standard InChI is InChI=1S/C34H37BrN6O5/c1-21-14-25(37-33(44)46-34(2,3)4)19-41(18-21)29-12-13-36-17-28(29)39-31(42)30-27(15-23-10-11-24(35)16-26(23)38-30)40-32(43)45-20-22-8-6-5-7-9-22/h5-13,15-17,21,25H,14,18-20H2,1-4H3,(H,37,44)(H,39,42)(H,40,43)/t21-,25+/m1/s1. The molecule has 0 unspecified atom stereocenters. The lowest BCUT2D eigenvalue weighted by molar-refractivity contribution is 0.0495. The Balaban J connectivity index is 1.37. The number of hydrogen-bond donors (Lipinski definition) is 3. The summed E-state index contributed by atoms with van der Waals surface area (Å²) < 4.78 is 11.7. The molecule has 5 rings (SSSR count). The number of carbonyl (C=O) groups is 3. The van der Waals surface area contributed by atoms with Crippen molar-refractivity contribution in [3.05, 3.63) is 88.8 Å². The summed E-state index contributed by atoms with van der Waals surface area (Å²) in [5, 5.41) is 9.37. The summed E-state index contributed by atoms with van der Waals surface area (Å²) in [7, 11) is 0. The van der Waals surface area contributed by atoms with Crippen molar-refractivity contribution in [1.29, 1.82) is 0 Å². The van der Waals surface area contributed by atoms with Crippen LogP contribution >= 0.6 is 15.9 Å². The number of anilines is 3. The minimum Gasteiger partial charge on any atom is -0.444 e. The van der Waals surface area contributed by atoms with Gasteiger partial charge in [-0.1, -0.05) is 59.3 Å². The lowest BCUT2D eigenvalue weighted by Crippen LogP contribution is -2.51. The maximum Gasteiger partial charge on any atom is 0.412 e. The van der Waals surface area contributed by atoms with Crippen LogP contribution in [0, 0.1) is 5.92 Å². The number of benzene rings is 2. The minimum atomic E-state index is -0.718. The third kappa shape index (κ3) is 8.72. The Morgan fingerprint density at radius 2 is 1.76 bits per heavy atom. The van der Waals surface area contributed by atoms with E-state index in [1.807, 2.05) is 69.3 Å². The Labute approximate surface area is 276 Å². The summed E-state index contributed by atoms with van der Waals surface area (Å²) in [5.74, 6) is -0.285. The summed E-state index contributed by atoms with van der Waals surface area (Å²) >= 11 is 3.46. The zero-order valence-electron chi connectivity index (χ0n) is 26.2. The molecule has 46 heavy (non-hydrogen) atoms. The van der Waals surface area contributed by atoms with Crippen molar-refractivity contribution in [2.75, 3.05) is 28.6 Å². The molecule has 3 amide bonds. The molecule has 0 aliphatic carbocycles. The van der Waals surface area contributed by atoms with Gasteiger partial charge in [0.1, 0.15) is 12.2 Å². The van der Waals surface area contributed by atoms with E-state index in [2.05, 4.69) is 53.7 Å². The molecule has 2 aromatic carbocycles. The minimum absolute atomic E-state index is 0.00791. The van der Waals surface area contributed by atoms with Crippen LogP contribution in [0.3, 0.4) is 0 Å². The van der Waals surface area contributed by atoms with Gasteiger partial charge in [-0.15, -0.1) is 0 Å². The second-order valence-corrected chi connectivity index (χ2v) is 13.3. The molecule has 1 aliphatic heterocycles. The van der Waals surface area contributed by atoms with Crippen molar-refractivity contribution in [3.63, 3.8) is 0 Å². The average Bonchev–Trinajstić information content (AvgIpc) is 2.99. The number of nitrogens with one attached hydrogen (secondary N) is 3. The van der Waals surface area contributed by atoms with E-state index < -0.39 is 23.7 Å². The molecule has 2 atom stereocenters. The van der Waals surface area contributed by atoms with Gasteiger partial charge in [0.15, 0.2) is 5.69 Å². The van der Waals surface area contributed by atoms with Crippen LogP contribution in [0.5, 0.6) is 0 Å². The largest absolute Gasteiger partial charge is 0.444 e. The number of piperidine rings is 1. The lowest BCUT2D eigenvalue weighted by atomic mass is 9.95. The number of ether oxygens (including phenoxy) is 2. The fraction of sp³-hybridized carbons (Fsp3) is 0.324. The van der Waals surface area contributed by atoms with Crippen LogP contribution in [0.2, 0.25) is 0 Å². The summed E-state index contributed by atoms with van der Waals surface area (Å²) in [6.45, 7) is 8.88. The molecule has 4 aromatic rings. The highest BCUT2D eigenvalue weighted by atomic mass is 79.9. The Bertz CT molecular complexity index is 1730. The van der Waals surface area contributed by atoms with E-state index in [0.717, 1.165) is 27.5 Å². The molecule has 1 aliphatic rings. The number of fused-ring (bicyclic) bond motifs is 1. The molecule has 1 fully saturated rings. The van der Waals surface area contributed by atoms with Crippen LogP contribution in [0.15, 0.2) is 77.5 Å². The first kappa shape index (κ1) is 32.7. The third-order valence-corrected chi connectivity index (χ3v) is 7.71. The monoisotopic (exact) mass is 688 g/mol. The fourth-order valence-electron chi connectivity index (χ4n) is 5.35. The maximum absolute atomic E-state index is 13.9. The van der Waals surface area contributed by atoms with Gasteiger partial charge >= 0.3 is 12.2 Å². The fourth-order valence-corrected chi connectivity index (χ4v) is 5.69. The van der Waals surface area contributed by atoms with E-state index >= 15 is 0 Å². The summed E-state index contributed by atoms with van der Waals surface area (Å²) in [6, 6.07) is 18.2. The molecule has 12 heteroatoms. The summed E-state index contributed by atoms with van der Waals surface area (Å²) in [4.78, 5) is 50.2. The van der Waals surface area contributed by atoms with Crippen LogP contribution in [0.25, 0.3) is 10.9 Å². The zero-order valence-corrected chi connectivity index (χ0v) is 27.8.